The van der Waals surface area contributed by atoms with E-state index in [4.69, 9.17) is 11.6 Å². The van der Waals surface area contributed by atoms with Crippen molar-refractivity contribution in [2.45, 2.75) is 0 Å². The SMILES string of the molecule is O=C(/C=C/c1ccc(F)cc1)Nc1ccc(Br)cc1Cl. The van der Waals surface area contributed by atoms with Crippen LogP contribution in [0.2, 0.25) is 5.02 Å². The number of hydrogen-bond acceptors (Lipinski definition) is 1. The minimum Gasteiger partial charge on any atom is -0.321 e. The Balaban J connectivity index is 2.03. The van der Waals surface area contributed by atoms with Crippen LogP contribution in [0.3, 0.4) is 0 Å². The Bertz CT molecular complexity index is 655. The van der Waals surface area contributed by atoms with Crippen LogP contribution in [0.5, 0.6) is 0 Å². The number of rotatable bonds is 3. The Hall–Kier alpha value is -1.65. The zero-order valence-electron chi connectivity index (χ0n) is 10.2. The van der Waals surface area contributed by atoms with Gasteiger partial charge in [0.25, 0.3) is 0 Å². The first-order chi connectivity index (χ1) is 9.54. The fraction of sp³-hybridized carbons (Fsp3) is 0. The predicted molar refractivity (Wildman–Crippen MR) is 83.2 cm³/mol. The molecule has 2 aromatic carbocycles. The van der Waals surface area contributed by atoms with Gasteiger partial charge in [-0.05, 0) is 42.0 Å². The molecule has 0 spiro atoms. The summed E-state index contributed by atoms with van der Waals surface area (Å²) in [6.07, 6.45) is 2.97. The molecular weight excluding hydrogens is 345 g/mol. The summed E-state index contributed by atoms with van der Waals surface area (Å²) in [4.78, 5) is 11.7. The van der Waals surface area contributed by atoms with Crippen LogP contribution in [0, 0.1) is 5.82 Å². The van der Waals surface area contributed by atoms with Gasteiger partial charge >= 0.3 is 0 Å². The second-order valence-electron chi connectivity index (χ2n) is 4.00. The average Bonchev–Trinajstić information content (AvgIpc) is 2.41. The first-order valence-electron chi connectivity index (χ1n) is 5.74. The van der Waals surface area contributed by atoms with E-state index in [0.29, 0.717) is 10.7 Å². The maximum absolute atomic E-state index is 12.7. The molecule has 102 valence electrons. The molecule has 0 saturated carbocycles. The molecule has 0 unspecified atom stereocenters. The Morgan fingerprint density at radius 1 is 1.20 bits per heavy atom. The molecule has 0 bridgehead atoms. The molecule has 0 aromatic heterocycles. The van der Waals surface area contributed by atoms with Gasteiger partial charge in [0.15, 0.2) is 0 Å². The molecule has 0 aliphatic carbocycles. The molecule has 0 saturated heterocycles. The van der Waals surface area contributed by atoms with Crippen LogP contribution in [0.1, 0.15) is 5.56 Å². The summed E-state index contributed by atoms with van der Waals surface area (Å²) in [5.74, 6) is -0.619. The Kier molecular flexibility index (Phi) is 4.93. The highest BCUT2D eigenvalue weighted by Gasteiger charge is 2.03. The molecule has 0 radical (unpaired) electrons. The molecule has 5 heteroatoms. The number of benzene rings is 2. The van der Waals surface area contributed by atoms with Crippen molar-refractivity contribution in [3.05, 3.63) is 69.4 Å². The van der Waals surface area contributed by atoms with Gasteiger partial charge in [-0.3, -0.25) is 4.79 Å². The van der Waals surface area contributed by atoms with Gasteiger partial charge in [0, 0.05) is 10.5 Å². The molecule has 0 heterocycles. The van der Waals surface area contributed by atoms with Gasteiger partial charge in [0.05, 0.1) is 10.7 Å². The lowest BCUT2D eigenvalue weighted by atomic mass is 10.2. The zero-order valence-corrected chi connectivity index (χ0v) is 12.6. The first-order valence-corrected chi connectivity index (χ1v) is 6.91. The van der Waals surface area contributed by atoms with Gasteiger partial charge in [-0.2, -0.15) is 0 Å². The van der Waals surface area contributed by atoms with Crippen LogP contribution in [0.4, 0.5) is 10.1 Å². The van der Waals surface area contributed by atoms with Gasteiger partial charge in [0.1, 0.15) is 5.82 Å². The minimum atomic E-state index is -0.312. The zero-order chi connectivity index (χ0) is 14.5. The lowest BCUT2D eigenvalue weighted by Crippen LogP contribution is -2.08. The number of carbonyl (C=O) groups is 1. The van der Waals surface area contributed by atoms with Gasteiger partial charge in [0.2, 0.25) is 5.91 Å². The summed E-state index contributed by atoms with van der Waals surface area (Å²) < 4.78 is 13.6. The van der Waals surface area contributed by atoms with E-state index in [1.54, 1.807) is 36.4 Å². The van der Waals surface area contributed by atoms with E-state index < -0.39 is 0 Å². The van der Waals surface area contributed by atoms with Gasteiger partial charge in [-0.25, -0.2) is 4.39 Å². The number of nitrogens with one attached hydrogen (secondary N) is 1. The highest BCUT2D eigenvalue weighted by atomic mass is 79.9. The summed E-state index contributed by atoms with van der Waals surface area (Å²) in [5, 5.41) is 3.11. The second-order valence-corrected chi connectivity index (χ2v) is 5.32. The average molecular weight is 355 g/mol. The monoisotopic (exact) mass is 353 g/mol. The van der Waals surface area contributed by atoms with E-state index in [2.05, 4.69) is 21.2 Å². The molecule has 1 N–H and O–H groups in total. The summed E-state index contributed by atoms with van der Waals surface area (Å²) in [7, 11) is 0. The van der Waals surface area contributed by atoms with Crippen molar-refractivity contribution < 1.29 is 9.18 Å². The van der Waals surface area contributed by atoms with E-state index in [-0.39, 0.29) is 11.7 Å². The summed E-state index contributed by atoms with van der Waals surface area (Å²) in [5.41, 5.74) is 1.27. The van der Waals surface area contributed by atoms with Crippen LogP contribution < -0.4 is 5.32 Å². The van der Waals surface area contributed by atoms with E-state index in [1.807, 2.05) is 0 Å². The number of carbonyl (C=O) groups excluding carboxylic acids is 1. The van der Waals surface area contributed by atoms with Gasteiger partial charge < -0.3 is 5.32 Å². The van der Waals surface area contributed by atoms with Crippen LogP contribution in [0.25, 0.3) is 6.08 Å². The number of hydrogen-bond donors (Lipinski definition) is 1. The molecule has 2 aromatic rings. The molecule has 0 fully saturated rings. The van der Waals surface area contributed by atoms with Crippen molar-refractivity contribution in [3.8, 4) is 0 Å². The second kappa shape index (κ2) is 6.68. The molecule has 0 atom stereocenters. The minimum absolute atomic E-state index is 0.307. The van der Waals surface area contributed by atoms with Crippen molar-refractivity contribution in [1.82, 2.24) is 0 Å². The molecule has 2 nitrogen and oxygen atoms in total. The molecule has 0 aliphatic rings. The van der Waals surface area contributed by atoms with Gasteiger partial charge in [-0.15, -0.1) is 0 Å². The smallest absolute Gasteiger partial charge is 0.248 e. The first kappa shape index (κ1) is 14.8. The van der Waals surface area contributed by atoms with Crippen molar-refractivity contribution >= 4 is 45.2 Å². The maximum Gasteiger partial charge on any atom is 0.248 e. The molecule has 1 amide bonds. The summed E-state index contributed by atoms with van der Waals surface area (Å²) >= 11 is 9.29. The number of amides is 1. The quantitative estimate of drug-likeness (QED) is 0.781. The molecular formula is C15H10BrClFNO. The van der Waals surface area contributed by atoms with Crippen molar-refractivity contribution in [3.63, 3.8) is 0 Å². The van der Waals surface area contributed by atoms with E-state index in [0.717, 1.165) is 10.0 Å². The van der Waals surface area contributed by atoms with Crippen LogP contribution in [-0.4, -0.2) is 5.91 Å². The van der Waals surface area contributed by atoms with E-state index >= 15 is 0 Å². The van der Waals surface area contributed by atoms with Crippen LogP contribution in [-0.2, 0) is 4.79 Å². The maximum atomic E-state index is 12.7. The molecule has 20 heavy (non-hydrogen) atoms. The fourth-order valence-electron chi connectivity index (χ4n) is 1.51. The lowest BCUT2D eigenvalue weighted by molar-refractivity contribution is -0.111. The third-order valence-electron chi connectivity index (χ3n) is 2.49. The third-order valence-corrected chi connectivity index (χ3v) is 3.29. The highest BCUT2D eigenvalue weighted by Crippen LogP contribution is 2.25. The Morgan fingerprint density at radius 2 is 1.90 bits per heavy atom. The largest absolute Gasteiger partial charge is 0.321 e. The highest BCUT2D eigenvalue weighted by molar-refractivity contribution is 9.10. The van der Waals surface area contributed by atoms with Gasteiger partial charge in [-0.1, -0.05) is 39.7 Å². The lowest BCUT2D eigenvalue weighted by Gasteiger charge is -2.05. The third kappa shape index (κ3) is 4.18. The molecule has 2 rings (SSSR count). The van der Waals surface area contributed by atoms with Crippen LogP contribution >= 0.6 is 27.5 Å². The normalized spacial score (nSPS) is 10.8. The van der Waals surface area contributed by atoms with Crippen molar-refractivity contribution in [1.29, 1.82) is 0 Å². The number of anilines is 1. The number of halogens is 3. The fourth-order valence-corrected chi connectivity index (χ4v) is 2.23. The van der Waals surface area contributed by atoms with Crippen molar-refractivity contribution in [2.75, 3.05) is 5.32 Å². The topological polar surface area (TPSA) is 29.1 Å². The van der Waals surface area contributed by atoms with Crippen LogP contribution in [0.15, 0.2) is 53.0 Å². The summed E-state index contributed by atoms with van der Waals surface area (Å²) in [6, 6.07) is 11.0. The summed E-state index contributed by atoms with van der Waals surface area (Å²) in [6.45, 7) is 0. The standard InChI is InChI=1S/C15H10BrClFNO/c16-11-4-7-14(13(17)9-11)19-15(20)8-3-10-1-5-12(18)6-2-10/h1-9H,(H,19,20)/b8-3+. The molecule has 0 aliphatic heterocycles. The van der Waals surface area contributed by atoms with E-state index in [9.17, 15) is 9.18 Å². The van der Waals surface area contributed by atoms with Crippen molar-refractivity contribution in [2.24, 2.45) is 0 Å². The Labute approximate surface area is 129 Å². The van der Waals surface area contributed by atoms with E-state index in [1.165, 1.54) is 18.2 Å². The predicted octanol–water partition coefficient (Wildman–Crippen LogP) is 4.89. The Morgan fingerprint density at radius 3 is 2.55 bits per heavy atom.